The second-order valence-electron chi connectivity index (χ2n) is 5.25. The Bertz CT molecular complexity index is 583. The van der Waals surface area contributed by atoms with Crippen molar-refractivity contribution in [3.63, 3.8) is 0 Å². The van der Waals surface area contributed by atoms with E-state index in [1.54, 1.807) is 12.1 Å². The molecule has 2 unspecified atom stereocenters. The van der Waals surface area contributed by atoms with E-state index in [4.69, 9.17) is 11.6 Å². The predicted octanol–water partition coefficient (Wildman–Crippen LogP) is 5.14. The van der Waals surface area contributed by atoms with Crippen LogP contribution in [0.1, 0.15) is 29.8 Å². The monoisotopic (exact) mass is 303 g/mol. The second kappa shape index (κ2) is 7.23. The summed E-state index contributed by atoms with van der Waals surface area (Å²) >= 11 is 6.50. The molecule has 0 aromatic heterocycles. The molecule has 0 bridgehead atoms. The zero-order valence-corrected chi connectivity index (χ0v) is 12.7. The van der Waals surface area contributed by atoms with Gasteiger partial charge in [-0.15, -0.1) is 11.6 Å². The number of nitro benzene ring substituents is 1. The lowest BCUT2D eigenvalue weighted by molar-refractivity contribution is -0.384. The quantitative estimate of drug-likeness (QED) is 0.421. The third-order valence-electron chi connectivity index (χ3n) is 3.65. The molecule has 21 heavy (non-hydrogen) atoms. The van der Waals surface area contributed by atoms with Gasteiger partial charge in [-0.1, -0.05) is 49.4 Å². The molecule has 2 aromatic rings. The first-order valence-electron chi connectivity index (χ1n) is 7.00. The summed E-state index contributed by atoms with van der Waals surface area (Å²) in [6.45, 7) is 2.13. The van der Waals surface area contributed by atoms with E-state index >= 15 is 0 Å². The van der Waals surface area contributed by atoms with Crippen LogP contribution < -0.4 is 0 Å². The van der Waals surface area contributed by atoms with Crippen LogP contribution in [-0.4, -0.2) is 4.92 Å². The van der Waals surface area contributed by atoms with E-state index in [1.165, 1.54) is 0 Å². The van der Waals surface area contributed by atoms with Crippen LogP contribution in [0.15, 0.2) is 54.6 Å². The van der Waals surface area contributed by atoms with Gasteiger partial charge in [0.25, 0.3) is 5.69 Å². The lowest BCUT2D eigenvalue weighted by atomic mass is 9.94. The summed E-state index contributed by atoms with van der Waals surface area (Å²) in [5.74, 6) is 0.337. The van der Waals surface area contributed by atoms with E-state index in [0.29, 0.717) is 5.92 Å². The fraction of sp³-hybridized carbons (Fsp3) is 0.294. The summed E-state index contributed by atoms with van der Waals surface area (Å²) in [7, 11) is 0. The van der Waals surface area contributed by atoms with E-state index < -0.39 is 0 Å². The minimum Gasteiger partial charge on any atom is -0.258 e. The van der Waals surface area contributed by atoms with Crippen LogP contribution in [0.4, 0.5) is 5.69 Å². The molecule has 0 saturated heterocycles. The van der Waals surface area contributed by atoms with Crippen LogP contribution >= 0.6 is 11.6 Å². The molecule has 110 valence electrons. The standard InChI is InChI=1S/C17H18ClNO2/c1-13(17(18)15-5-3-2-4-6-15)7-8-14-9-11-16(12-10-14)19(20)21/h2-6,9-13,17H,7-8H2,1H3. The fourth-order valence-electron chi connectivity index (χ4n) is 2.29. The number of benzene rings is 2. The summed E-state index contributed by atoms with van der Waals surface area (Å²) in [5, 5.41) is 10.6. The number of nitro groups is 1. The van der Waals surface area contributed by atoms with Crippen molar-refractivity contribution < 1.29 is 4.92 Å². The third-order valence-corrected chi connectivity index (χ3v) is 4.34. The molecular formula is C17H18ClNO2. The third kappa shape index (κ3) is 4.30. The minimum atomic E-state index is -0.378. The Morgan fingerprint density at radius 2 is 1.71 bits per heavy atom. The first-order valence-corrected chi connectivity index (χ1v) is 7.44. The van der Waals surface area contributed by atoms with Crippen molar-refractivity contribution in [2.75, 3.05) is 0 Å². The number of hydrogen-bond acceptors (Lipinski definition) is 2. The van der Waals surface area contributed by atoms with Crippen LogP contribution in [-0.2, 0) is 6.42 Å². The first-order chi connectivity index (χ1) is 10.1. The van der Waals surface area contributed by atoms with Gasteiger partial charge < -0.3 is 0 Å². The van der Waals surface area contributed by atoms with Gasteiger partial charge in [0.15, 0.2) is 0 Å². The highest BCUT2D eigenvalue weighted by atomic mass is 35.5. The molecule has 0 saturated carbocycles. The molecule has 0 amide bonds. The van der Waals surface area contributed by atoms with E-state index in [1.807, 2.05) is 42.5 Å². The smallest absolute Gasteiger partial charge is 0.258 e. The summed E-state index contributed by atoms with van der Waals surface area (Å²) in [5.41, 5.74) is 2.37. The van der Waals surface area contributed by atoms with Crippen LogP contribution in [0.2, 0.25) is 0 Å². The van der Waals surface area contributed by atoms with Crippen molar-refractivity contribution >= 4 is 17.3 Å². The van der Waals surface area contributed by atoms with Gasteiger partial charge in [-0.2, -0.15) is 0 Å². The highest BCUT2D eigenvalue weighted by molar-refractivity contribution is 6.20. The maximum absolute atomic E-state index is 10.6. The van der Waals surface area contributed by atoms with Gasteiger partial charge in [-0.05, 0) is 29.9 Å². The molecule has 2 rings (SSSR count). The predicted molar refractivity (Wildman–Crippen MR) is 85.6 cm³/mol. The molecule has 4 heteroatoms. The maximum Gasteiger partial charge on any atom is 0.269 e. The van der Waals surface area contributed by atoms with Gasteiger partial charge >= 0.3 is 0 Å². The van der Waals surface area contributed by atoms with Crippen LogP contribution in [0.25, 0.3) is 0 Å². The highest BCUT2D eigenvalue weighted by Crippen LogP contribution is 2.31. The molecule has 0 N–H and O–H groups in total. The van der Waals surface area contributed by atoms with Crippen molar-refractivity contribution in [2.45, 2.75) is 25.1 Å². The molecule has 0 aliphatic rings. The zero-order valence-electron chi connectivity index (χ0n) is 11.9. The Labute approximate surface area is 129 Å². The largest absolute Gasteiger partial charge is 0.269 e. The SMILES string of the molecule is CC(CCc1ccc([N+](=O)[O-])cc1)C(Cl)c1ccccc1. The molecule has 2 atom stereocenters. The number of nitrogens with zero attached hydrogens (tertiary/aromatic N) is 1. The molecule has 0 aliphatic heterocycles. The number of halogens is 1. The molecule has 2 aromatic carbocycles. The van der Waals surface area contributed by atoms with Crippen molar-refractivity contribution in [3.05, 3.63) is 75.8 Å². The number of non-ortho nitro benzene ring substituents is 1. The van der Waals surface area contributed by atoms with Crippen LogP contribution in [0.3, 0.4) is 0 Å². The molecule has 0 heterocycles. The number of hydrogen-bond donors (Lipinski definition) is 0. The van der Waals surface area contributed by atoms with Crippen molar-refractivity contribution in [1.82, 2.24) is 0 Å². The Kier molecular flexibility index (Phi) is 5.34. The van der Waals surface area contributed by atoms with Crippen LogP contribution in [0.5, 0.6) is 0 Å². The molecular weight excluding hydrogens is 286 g/mol. The summed E-state index contributed by atoms with van der Waals surface area (Å²) in [6, 6.07) is 16.8. The van der Waals surface area contributed by atoms with Crippen molar-refractivity contribution in [1.29, 1.82) is 0 Å². The number of rotatable bonds is 6. The van der Waals surface area contributed by atoms with E-state index in [0.717, 1.165) is 24.0 Å². The average molecular weight is 304 g/mol. The molecule has 0 spiro atoms. The van der Waals surface area contributed by atoms with Crippen LogP contribution in [0, 0.1) is 16.0 Å². The van der Waals surface area contributed by atoms with Crippen molar-refractivity contribution in [2.24, 2.45) is 5.92 Å². The summed E-state index contributed by atoms with van der Waals surface area (Å²) in [4.78, 5) is 10.2. The van der Waals surface area contributed by atoms with E-state index in [9.17, 15) is 10.1 Å². The zero-order chi connectivity index (χ0) is 15.2. The Morgan fingerprint density at radius 3 is 2.29 bits per heavy atom. The lowest BCUT2D eigenvalue weighted by Gasteiger charge is -2.18. The maximum atomic E-state index is 10.6. The van der Waals surface area contributed by atoms with E-state index in [2.05, 4.69) is 6.92 Å². The van der Waals surface area contributed by atoms with Gasteiger partial charge in [-0.25, -0.2) is 0 Å². The Morgan fingerprint density at radius 1 is 1.10 bits per heavy atom. The Balaban J connectivity index is 1.91. The average Bonchev–Trinajstić information content (AvgIpc) is 2.53. The normalized spacial score (nSPS) is 13.6. The summed E-state index contributed by atoms with van der Waals surface area (Å²) in [6.07, 6.45) is 1.82. The molecule has 3 nitrogen and oxygen atoms in total. The van der Waals surface area contributed by atoms with Gasteiger partial charge in [0.2, 0.25) is 0 Å². The minimum absolute atomic E-state index is 0.00996. The van der Waals surface area contributed by atoms with Gasteiger partial charge in [0.05, 0.1) is 10.3 Å². The number of alkyl halides is 1. The highest BCUT2D eigenvalue weighted by Gasteiger charge is 2.16. The Hall–Kier alpha value is -1.87. The molecule has 0 aliphatic carbocycles. The first kappa shape index (κ1) is 15.5. The second-order valence-corrected chi connectivity index (χ2v) is 5.72. The van der Waals surface area contributed by atoms with Gasteiger partial charge in [-0.3, -0.25) is 10.1 Å². The van der Waals surface area contributed by atoms with Gasteiger partial charge in [0.1, 0.15) is 0 Å². The topological polar surface area (TPSA) is 43.1 Å². The molecule has 0 radical (unpaired) electrons. The summed E-state index contributed by atoms with van der Waals surface area (Å²) < 4.78 is 0. The number of aryl methyl sites for hydroxylation is 1. The van der Waals surface area contributed by atoms with E-state index in [-0.39, 0.29) is 16.0 Å². The van der Waals surface area contributed by atoms with Crippen molar-refractivity contribution in [3.8, 4) is 0 Å². The lowest BCUT2D eigenvalue weighted by Crippen LogP contribution is -2.05. The molecule has 0 fully saturated rings. The van der Waals surface area contributed by atoms with Gasteiger partial charge in [0, 0.05) is 12.1 Å². The fourth-order valence-corrected chi connectivity index (χ4v) is 2.56.